The number of aliphatic hydroxyl groups is 1. The van der Waals surface area contributed by atoms with E-state index in [4.69, 9.17) is 4.42 Å². The molecule has 1 aliphatic rings. The fourth-order valence-electron chi connectivity index (χ4n) is 3.22. The van der Waals surface area contributed by atoms with Crippen LogP contribution in [0.5, 0.6) is 0 Å². The first-order valence-electron chi connectivity index (χ1n) is 8.84. The molecule has 2 aromatic rings. The Bertz CT molecular complexity index is 732. The fraction of sp³-hybridized carbons (Fsp3) is 0.400. The molecule has 1 fully saturated rings. The van der Waals surface area contributed by atoms with Gasteiger partial charge >= 0.3 is 0 Å². The lowest BCUT2D eigenvalue weighted by atomic mass is 9.93. The molecule has 0 saturated carbocycles. The van der Waals surface area contributed by atoms with Gasteiger partial charge in [-0.2, -0.15) is 0 Å². The van der Waals surface area contributed by atoms with E-state index >= 15 is 0 Å². The minimum atomic E-state index is -1.12. The van der Waals surface area contributed by atoms with Crippen LogP contribution < -0.4 is 5.32 Å². The normalized spacial score (nSPS) is 17.5. The Morgan fingerprint density at radius 1 is 1.23 bits per heavy atom. The van der Waals surface area contributed by atoms with Crippen molar-refractivity contribution in [3.05, 3.63) is 60.1 Å². The monoisotopic (exact) mass is 356 g/mol. The van der Waals surface area contributed by atoms with Crippen LogP contribution in [0.3, 0.4) is 0 Å². The van der Waals surface area contributed by atoms with Crippen molar-refractivity contribution in [2.24, 2.45) is 5.92 Å². The largest absolute Gasteiger partial charge is 0.472 e. The quantitative estimate of drug-likeness (QED) is 0.860. The number of hydrogen-bond acceptors (Lipinski definition) is 4. The molecule has 0 spiro atoms. The van der Waals surface area contributed by atoms with Crippen LogP contribution >= 0.6 is 0 Å². The first kappa shape index (κ1) is 18.2. The zero-order chi connectivity index (χ0) is 18.6. The Morgan fingerprint density at radius 3 is 2.54 bits per heavy atom. The van der Waals surface area contributed by atoms with E-state index in [1.165, 1.54) is 12.5 Å². The Labute approximate surface area is 152 Å². The average molecular weight is 356 g/mol. The molecule has 3 rings (SSSR count). The second-order valence-electron chi connectivity index (χ2n) is 6.94. The SMILES string of the molecule is CC(O)(CNC(=O)C1CCN(C(=O)c2ccoc2)CC1)c1ccccc1. The lowest BCUT2D eigenvalue weighted by Crippen LogP contribution is -2.45. The lowest BCUT2D eigenvalue weighted by molar-refractivity contribution is -0.127. The summed E-state index contributed by atoms with van der Waals surface area (Å²) in [6, 6.07) is 10.9. The summed E-state index contributed by atoms with van der Waals surface area (Å²) in [5.74, 6) is -0.281. The summed E-state index contributed by atoms with van der Waals surface area (Å²) in [7, 11) is 0. The predicted octanol–water partition coefficient (Wildman–Crippen LogP) is 2.16. The number of likely N-dealkylation sites (tertiary alicyclic amines) is 1. The maximum atomic E-state index is 12.4. The minimum Gasteiger partial charge on any atom is -0.472 e. The Morgan fingerprint density at radius 2 is 1.92 bits per heavy atom. The van der Waals surface area contributed by atoms with Crippen LogP contribution in [-0.4, -0.2) is 41.5 Å². The Hall–Kier alpha value is -2.60. The third-order valence-corrected chi connectivity index (χ3v) is 4.92. The third-order valence-electron chi connectivity index (χ3n) is 4.92. The van der Waals surface area contributed by atoms with Crippen molar-refractivity contribution in [3.8, 4) is 0 Å². The number of carbonyl (C=O) groups excluding carboxylic acids is 2. The number of nitrogens with one attached hydrogen (secondary N) is 1. The average Bonchev–Trinajstić information content (AvgIpc) is 3.21. The van der Waals surface area contributed by atoms with Gasteiger partial charge in [-0.25, -0.2) is 0 Å². The third kappa shape index (κ3) is 4.14. The van der Waals surface area contributed by atoms with Crippen molar-refractivity contribution in [2.45, 2.75) is 25.4 Å². The topological polar surface area (TPSA) is 82.8 Å². The Kier molecular flexibility index (Phi) is 5.42. The molecule has 0 bridgehead atoms. The molecule has 0 radical (unpaired) electrons. The van der Waals surface area contributed by atoms with E-state index in [0.29, 0.717) is 31.5 Å². The van der Waals surface area contributed by atoms with Gasteiger partial charge in [0.2, 0.25) is 5.91 Å². The highest BCUT2D eigenvalue weighted by Gasteiger charge is 2.30. The maximum Gasteiger partial charge on any atom is 0.257 e. The molecular weight excluding hydrogens is 332 g/mol. The van der Waals surface area contributed by atoms with Gasteiger partial charge in [0.25, 0.3) is 5.91 Å². The number of furan rings is 1. The summed E-state index contributed by atoms with van der Waals surface area (Å²) in [5.41, 5.74) is 0.183. The number of benzene rings is 1. The number of piperidine rings is 1. The summed E-state index contributed by atoms with van der Waals surface area (Å²) >= 11 is 0. The summed E-state index contributed by atoms with van der Waals surface area (Å²) in [5, 5.41) is 13.4. The van der Waals surface area contributed by atoms with Gasteiger partial charge in [-0.3, -0.25) is 9.59 Å². The molecule has 1 aromatic heterocycles. The van der Waals surface area contributed by atoms with E-state index in [9.17, 15) is 14.7 Å². The van der Waals surface area contributed by atoms with E-state index in [-0.39, 0.29) is 24.3 Å². The zero-order valence-electron chi connectivity index (χ0n) is 14.9. The summed E-state index contributed by atoms with van der Waals surface area (Å²) < 4.78 is 4.95. The number of amides is 2. The molecule has 1 unspecified atom stereocenters. The number of nitrogens with zero attached hydrogens (tertiary/aromatic N) is 1. The van der Waals surface area contributed by atoms with Gasteiger partial charge in [-0.1, -0.05) is 30.3 Å². The van der Waals surface area contributed by atoms with E-state index in [0.717, 1.165) is 5.56 Å². The molecule has 6 heteroatoms. The minimum absolute atomic E-state index is 0.0652. The van der Waals surface area contributed by atoms with E-state index in [1.54, 1.807) is 17.9 Å². The molecular formula is C20H24N2O4. The molecule has 1 saturated heterocycles. The van der Waals surface area contributed by atoms with E-state index in [1.807, 2.05) is 30.3 Å². The number of carbonyl (C=O) groups is 2. The van der Waals surface area contributed by atoms with Crippen molar-refractivity contribution in [2.75, 3.05) is 19.6 Å². The Balaban J connectivity index is 1.49. The van der Waals surface area contributed by atoms with Crippen molar-refractivity contribution in [1.29, 1.82) is 0 Å². The van der Waals surface area contributed by atoms with Crippen LogP contribution in [0.2, 0.25) is 0 Å². The predicted molar refractivity (Wildman–Crippen MR) is 96.4 cm³/mol. The summed E-state index contributed by atoms with van der Waals surface area (Å²) in [4.78, 5) is 26.5. The van der Waals surface area contributed by atoms with E-state index < -0.39 is 5.60 Å². The van der Waals surface area contributed by atoms with Crippen LogP contribution in [0, 0.1) is 5.92 Å². The van der Waals surface area contributed by atoms with Crippen molar-refractivity contribution in [3.63, 3.8) is 0 Å². The van der Waals surface area contributed by atoms with Crippen LogP contribution in [0.25, 0.3) is 0 Å². The van der Waals surface area contributed by atoms with Gasteiger partial charge in [0.15, 0.2) is 0 Å². The number of hydrogen-bond donors (Lipinski definition) is 2. The molecule has 1 aliphatic heterocycles. The standard InChI is InChI=1S/C20H24N2O4/c1-20(25,17-5-3-2-4-6-17)14-21-18(23)15-7-10-22(11-8-15)19(24)16-9-12-26-13-16/h2-6,9,12-13,15,25H,7-8,10-11,14H2,1H3,(H,21,23). The van der Waals surface area contributed by atoms with Gasteiger partial charge in [-0.05, 0) is 31.4 Å². The second-order valence-corrected chi connectivity index (χ2v) is 6.94. The van der Waals surface area contributed by atoms with Crippen LogP contribution in [0.1, 0.15) is 35.7 Å². The maximum absolute atomic E-state index is 12.4. The molecule has 1 aromatic carbocycles. The van der Waals surface area contributed by atoms with Crippen molar-refractivity contribution in [1.82, 2.24) is 10.2 Å². The molecule has 2 N–H and O–H groups in total. The molecule has 6 nitrogen and oxygen atoms in total. The highest BCUT2D eigenvalue weighted by Crippen LogP contribution is 2.22. The molecule has 0 aliphatic carbocycles. The first-order chi connectivity index (χ1) is 12.5. The van der Waals surface area contributed by atoms with Crippen molar-refractivity contribution < 1.29 is 19.1 Å². The fourth-order valence-corrected chi connectivity index (χ4v) is 3.22. The van der Waals surface area contributed by atoms with Crippen LogP contribution in [0.15, 0.2) is 53.3 Å². The molecule has 1 atom stereocenters. The van der Waals surface area contributed by atoms with E-state index in [2.05, 4.69) is 5.32 Å². The molecule has 2 heterocycles. The van der Waals surface area contributed by atoms with Gasteiger partial charge < -0.3 is 19.7 Å². The smallest absolute Gasteiger partial charge is 0.257 e. The first-order valence-corrected chi connectivity index (χ1v) is 8.84. The second kappa shape index (κ2) is 7.74. The number of rotatable bonds is 5. The van der Waals surface area contributed by atoms with Crippen molar-refractivity contribution >= 4 is 11.8 Å². The van der Waals surface area contributed by atoms with Crippen LogP contribution in [-0.2, 0) is 10.4 Å². The highest BCUT2D eigenvalue weighted by atomic mass is 16.3. The molecule has 26 heavy (non-hydrogen) atoms. The summed E-state index contributed by atoms with van der Waals surface area (Å²) in [6.45, 7) is 2.92. The van der Waals surface area contributed by atoms with Gasteiger partial charge in [0, 0.05) is 19.0 Å². The molecule has 138 valence electrons. The zero-order valence-corrected chi connectivity index (χ0v) is 14.9. The van der Waals surface area contributed by atoms with Gasteiger partial charge in [0.05, 0.1) is 18.4 Å². The molecule has 2 amide bonds. The highest BCUT2D eigenvalue weighted by molar-refractivity contribution is 5.94. The summed E-state index contributed by atoms with van der Waals surface area (Å²) in [6.07, 6.45) is 4.14. The van der Waals surface area contributed by atoms with Gasteiger partial charge in [-0.15, -0.1) is 0 Å². The van der Waals surface area contributed by atoms with Gasteiger partial charge in [0.1, 0.15) is 11.9 Å². The lowest BCUT2D eigenvalue weighted by Gasteiger charge is -2.32. The van der Waals surface area contributed by atoms with Crippen LogP contribution in [0.4, 0.5) is 0 Å².